The minimum absolute atomic E-state index is 0.111. The molecule has 9 heteroatoms. The van der Waals surface area contributed by atoms with Crippen molar-refractivity contribution in [1.29, 1.82) is 0 Å². The van der Waals surface area contributed by atoms with Crippen molar-refractivity contribution in [1.82, 2.24) is 21.2 Å². The van der Waals surface area contributed by atoms with Gasteiger partial charge in [-0.05, 0) is 42.7 Å². The first-order valence-corrected chi connectivity index (χ1v) is 8.85. The van der Waals surface area contributed by atoms with Crippen LogP contribution < -0.4 is 16.2 Å². The van der Waals surface area contributed by atoms with Crippen LogP contribution in [0, 0.1) is 0 Å². The first kappa shape index (κ1) is 18.5. The second-order valence-corrected chi connectivity index (χ2v) is 5.93. The summed E-state index contributed by atoms with van der Waals surface area (Å²) in [6.07, 6.45) is 5.14. The van der Waals surface area contributed by atoms with Crippen molar-refractivity contribution in [3.63, 3.8) is 0 Å². The molecule has 2 aromatic rings. The molecule has 0 saturated carbocycles. The fourth-order valence-corrected chi connectivity index (χ4v) is 2.38. The van der Waals surface area contributed by atoms with Crippen molar-refractivity contribution in [3.05, 3.63) is 54.2 Å². The maximum Gasteiger partial charge on any atom is 0.288 e. The number of aromatic nitrogens is 1. The van der Waals surface area contributed by atoms with E-state index in [0.717, 1.165) is 0 Å². The Morgan fingerprint density at radius 3 is 2.64 bits per heavy atom. The van der Waals surface area contributed by atoms with E-state index in [4.69, 9.17) is 4.42 Å². The van der Waals surface area contributed by atoms with Crippen molar-refractivity contribution >= 4 is 29.5 Å². The Balaban J connectivity index is 1.93. The van der Waals surface area contributed by atoms with Crippen LogP contribution in [0.25, 0.3) is 0 Å². The Hall–Kier alpha value is -2.81. The Bertz CT molecular complexity index is 706. The number of carbonyl (C=O) groups excluding carboxylic acids is 3. The van der Waals surface area contributed by atoms with Gasteiger partial charge >= 0.3 is 0 Å². The number of carbonyl (C=O) groups is 3. The molecule has 1 atom stereocenters. The normalized spacial score (nSPS) is 11.4. The van der Waals surface area contributed by atoms with Gasteiger partial charge in [0.05, 0.1) is 6.26 Å². The van der Waals surface area contributed by atoms with Gasteiger partial charge in [-0.25, -0.2) is 0 Å². The van der Waals surface area contributed by atoms with Crippen LogP contribution >= 0.6 is 11.8 Å². The lowest BCUT2D eigenvalue weighted by Gasteiger charge is -2.17. The zero-order valence-corrected chi connectivity index (χ0v) is 14.3. The van der Waals surface area contributed by atoms with Gasteiger partial charge in [0.2, 0.25) is 0 Å². The molecule has 2 heterocycles. The van der Waals surface area contributed by atoms with Crippen LogP contribution in [0.5, 0.6) is 0 Å². The molecule has 132 valence electrons. The Labute approximate surface area is 148 Å². The smallest absolute Gasteiger partial charge is 0.288 e. The molecule has 2 rings (SSSR count). The van der Waals surface area contributed by atoms with E-state index in [2.05, 4.69) is 21.2 Å². The highest BCUT2D eigenvalue weighted by molar-refractivity contribution is 7.98. The number of nitrogens with zero attached hydrogens (tertiary/aromatic N) is 1. The van der Waals surface area contributed by atoms with E-state index < -0.39 is 23.8 Å². The first-order chi connectivity index (χ1) is 12.1. The van der Waals surface area contributed by atoms with Crippen LogP contribution in [0.2, 0.25) is 0 Å². The fraction of sp³-hybridized carbons (Fsp3) is 0.250. The number of furan rings is 1. The lowest BCUT2D eigenvalue weighted by atomic mass is 10.2. The monoisotopic (exact) mass is 362 g/mol. The average molecular weight is 362 g/mol. The molecule has 0 aliphatic carbocycles. The summed E-state index contributed by atoms with van der Waals surface area (Å²) in [6.45, 7) is 0. The van der Waals surface area contributed by atoms with Gasteiger partial charge in [0.25, 0.3) is 17.7 Å². The number of hydrazine groups is 1. The Morgan fingerprint density at radius 1 is 1.16 bits per heavy atom. The molecule has 0 aromatic carbocycles. The highest BCUT2D eigenvalue weighted by Gasteiger charge is 2.22. The minimum Gasteiger partial charge on any atom is -0.459 e. The molecule has 0 radical (unpaired) electrons. The number of amides is 3. The van der Waals surface area contributed by atoms with Gasteiger partial charge in [-0.15, -0.1) is 0 Å². The summed E-state index contributed by atoms with van der Waals surface area (Å²) in [7, 11) is 0. The predicted octanol–water partition coefficient (Wildman–Crippen LogP) is 0.987. The van der Waals surface area contributed by atoms with Gasteiger partial charge in [-0.2, -0.15) is 11.8 Å². The van der Waals surface area contributed by atoms with Crippen LogP contribution in [-0.2, 0) is 4.79 Å². The van der Waals surface area contributed by atoms with Crippen molar-refractivity contribution in [3.8, 4) is 0 Å². The van der Waals surface area contributed by atoms with Crippen molar-refractivity contribution in [2.24, 2.45) is 0 Å². The zero-order chi connectivity index (χ0) is 18.1. The summed E-state index contributed by atoms with van der Waals surface area (Å²) < 4.78 is 5.01. The first-order valence-electron chi connectivity index (χ1n) is 7.46. The summed E-state index contributed by atoms with van der Waals surface area (Å²) in [6, 6.07) is 7.13. The van der Waals surface area contributed by atoms with E-state index in [0.29, 0.717) is 12.2 Å². The second kappa shape index (κ2) is 9.48. The number of thioether (sulfide) groups is 1. The average Bonchev–Trinajstić information content (AvgIpc) is 3.18. The van der Waals surface area contributed by atoms with Crippen LogP contribution in [0.3, 0.4) is 0 Å². The zero-order valence-electron chi connectivity index (χ0n) is 13.5. The van der Waals surface area contributed by atoms with Crippen LogP contribution in [0.1, 0.15) is 27.5 Å². The third-order valence-corrected chi connectivity index (χ3v) is 3.82. The van der Waals surface area contributed by atoms with E-state index in [1.54, 1.807) is 30.0 Å². The van der Waals surface area contributed by atoms with E-state index >= 15 is 0 Å². The third kappa shape index (κ3) is 5.64. The largest absolute Gasteiger partial charge is 0.459 e. The van der Waals surface area contributed by atoms with Crippen molar-refractivity contribution in [2.45, 2.75) is 12.5 Å². The second-order valence-electron chi connectivity index (χ2n) is 4.94. The van der Waals surface area contributed by atoms with E-state index in [1.807, 2.05) is 6.26 Å². The SMILES string of the molecule is CSCC[C@H](NC(=O)c1ccco1)C(=O)NNC(=O)c1ccccn1. The number of nitrogens with one attached hydrogen (secondary N) is 3. The summed E-state index contributed by atoms with van der Waals surface area (Å²) >= 11 is 1.54. The number of hydrogen-bond acceptors (Lipinski definition) is 6. The molecule has 0 fully saturated rings. The molecule has 0 bridgehead atoms. The van der Waals surface area contributed by atoms with E-state index in [9.17, 15) is 14.4 Å². The highest BCUT2D eigenvalue weighted by atomic mass is 32.2. The third-order valence-electron chi connectivity index (χ3n) is 3.17. The topological polar surface area (TPSA) is 113 Å². The maximum absolute atomic E-state index is 12.3. The molecule has 25 heavy (non-hydrogen) atoms. The summed E-state index contributed by atoms with van der Waals surface area (Å²) in [5, 5.41) is 2.59. The van der Waals surface area contributed by atoms with Crippen molar-refractivity contribution in [2.75, 3.05) is 12.0 Å². The van der Waals surface area contributed by atoms with Gasteiger partial charge in [-0.1, -0.05) is 6.07 Å². The molecule has 0 spiro atoms. The van der Waals surface area contributed by atoms with Gasteiger partial charge in [-0.3, -0.25) is 30.2 Å². The van der Waals surface area contributed by atoms with Crippen LogP contribution in [0.4, 0.5) is 0 Å². The Morgan fingerprint density at radius 2 is 2.00 bits per heavy atom. The van der Waals surface area contributed by atoms with Crippen molar-refractivity contribution < 1.29 is 18.8 Å². The molecule has 0 saturated heterocycles. The summed E-state index contributed by atoms with van der Waals surface area (Å²) in [5.74, 6) is -0.806. The standard InChI is InChI=1S/C16H18N4O4S/c1-25-10-7-12(18-16(23)13-6-4-9-24-13)15(22)20-19-14(21)11-5-2-3-8-17-11/h2-6,8-9,12H,7,10H2,1H3,(H,18,23)(H,19,21)(H,20,22)/t12-/m0/s1. The van der Waals surface area contributed by atoms with E-state index in [1.165, 1.54) is 24.6 Å². The molecule has 0 unspecified atom stereocenters. The molecule has 3 N–H and O–H groups in total. The summed E-state index contributed by atoms with van der Waals surface area (Å²) in [4.78, 5) is 40.1. The number of rotatable bonds is 7. The molecule has 0 aliphatic rings. The highest BCUT2D eigenvalue weighted by Crippen LogP contribution is 2.04. The maximum atomic E-state index is 12.3. The lowest BCUT2D eigenvalue weighted by Crippen LogP contribution is -2.52. The molecule has 8 nitrogen and oxygen atoms in total. The molecular weight excluding hydrogens is 344 g/mol. The quantitative estimate of drug-likeness (QED) is 0.633. The Kier molecular flexibility index (Phi) is 7.02. The van der Waals surface area contributed by atoms with Gasteiger partial charge in [0.15, 0.2) is 5.76 Å². The van der Waals surface area contributed by atoms with Crippen LogP contribution in [0.15, 0.2) is 47.2 Å². The van der Waals surface area contributed by atoms with Gasteiger partial charge in [0.1, 0.15) is 11.7 Å². The van der Waals surface area contributed by atoms with E-state index in [-0.39, 0.29) is 11.5 Å². The fourth-order valence-electron chi connectivity index (χ4n) is 1.91. The molecule has 2 aromatic heterocycles. The van der Waals surface area contributed by atoms with Gasteiger partial charge in [0, 0.05) is 6.20 Å². The minimum atomic E-state index is -0.811. The van der Waals surface area contributed by atoms with Gasteiger partial charge < -0.3 is 9.73 Å². The molecular formula is C16H18N4O4S. The summed E-state index contributed by atoms with van der Waals surface area (Å²) in [5.41, 5.74) is 4.76. The number of hydrogen-bond donors (Lipinski definition) is 3. The lowest BCUT2D eigenvalue weighted by molar-refractivity contribution is -0.123. The molecule has 0 aliphatic heterocycles. The van der Waals surface area contributed by atoms with Crippen LogP contribution in [-0.4, -0.2) is 40.8 Å². The predicted molar refractivity (Wildman–Crippen MR) is 92.8 cm³/mol. The molecule has 3 amide bonds. The number of pyridine rings is 1.